The maximum Gasteiger partial charge on any atom is 0.214 e. The van der Waals surface area contributed by atoms with Gasteiger partial charge in [-0.15, -0.1) is 5.10 Å². The summed E-state index contributed by atoms with van der Waals surface area (Å²) in [5.74, 6) is 0. The fourth-order valence-corrected chi connectivity index (χ4v) is 1.42. The van der Waals surface area contributed by atoms with Crippen LogP contribution in [0.5, 0.6) is 0 Å². The average Bonchev–Trinajstić information content (AvgIpc) is 2.55. The molecule has 0 aromatic carbocycles. The molecule has 0 bridgehead atoms. The van der Waals surface area contributed by atoms with Crippen molar-refractivity contribution in [2.75, 3.05) is 0 Å². The lowest BCUT2D eigenvalue weighted by Crippen LogP contribution is -1.92. The Hall–Kier alpha value is -1.01. The molecule has 0 aliphatic heterocycles. The lowest BCUT2D eigenvalue weighted by molar-refractivity contribution is 0.784. The van der Waals surface area contributed by atoms with Gasteiger partial charge in [0.05, 0.1) is 6.20 Å². The fourth-order valence-electron chi connectivity index (χ4n) is 0.601. The average molecular weight is 188 g/mol. The van der Waals surface area contributed by atoms with Crippen molar-refractivity contribution in [1.29, 1.82) is 0 Å². The van der Waals surface area contributed by atoms with Crippen LogP contribution in [0.25, 0.3) is 5.13 Å². The minimum absolute atomic E-state index is 0.621. The lowest BCUT2D eigenvalue weighted by Gasteiger charge is -1.86. The molecule has 0 aliphatic rings. The smallest absolute Gasteiger partial charge is 0.214 e. The van der Waals surface area contributed by atoms with Crippen LogP contribution < -0.4 is 0 Å². The predicted molar refractivity (Wildman–Crippen MR) is 39.8 cm³/mol. The molecule has 2 rings (SSSR count). The second kappa shape index (κ2) is 2.55. The molecule has 0 radical (unpaired) electrons. The molecule has 0 aliphatic carbocycles. The van der Waals surface area contributed by atoms with E-state index < -0.39 is 0 Å². The van der Waals surface area contributed by atoms with Gasteiger partial charge in [-0.25, -0.2) is 4.98 Å². The Morgan fingerprint density at radius 2 is 2.45 bits per heavy atom. The van der Waals surface area contributed by atoms with E-state index in [9.17, 15) is 0 Å². The summed E-state index contributed by atoms with van der Waals surface area (Å²) in [6.45, 7) is 0. The summed E-state index contributed by atoms with van der Waals surface area (Å²) >= 11 is 6.97. The summed E-state index contributed by atoms with van der Waals surface area (Å²) in [4.78, 5) is 3.97. The topological polar surface area (TPSA) is 56.5 Å². The van der Waals surface area contributed by atoms with E-state index >= 15 is 0 Å². The SMILES string of the molecule is Clc1cnc(-n2cnnn2)s1. The van der Waals surface area contributed by atoms with Crippen molar-refractivity contribution in [3.05, 3.63) is 16.9 Å². The quantitative estimate of drug-likeness (QED) is 0.662. The highest BCUT2D eigenvalue weighted by Gasteiger charge is 2.01. The van der Waals surface area contributed by atoms with Crippen molar-refractivity contribution >= 4 is 22.9 Å². The van der Waals surface area contributed by atoms with Crippen molar-refractivity contribution in [1.82, 2.24) is 25.2 Å². The van der Waals surface area contributed by atoms with E-state index in [1.807, 2.05) is 0 Å². The van der Waals surface area contributed by atoms with Gasteiger partial charge in [0.1, 0.15) is 10.7 Å². The first-order valence-corrected chi connectivity index (χ1v) is 3.90. The first kappa shape index (κ1) is 6.68. The molecular weight excluding hydrogens is 186 g/mol. The number of hydrogen-bond donors (Lipinski definition) is 0. The molecule has 2 heterocycles. The third-order valence-corrected chi connectivity index (χ3v) is 2.11. The molecule has 5 nitrogen and oxygen atoms in total. The molecule has 0 atom stereocenters. The molecule has 7 heteroatoms. The highest BCUT2D eigenvalue weighted by Crippen LogP contribution is 2.20. The fraction of sp³-hybridized carbons (Fsp3) is 0. The Labute approximate surface area is 70.6 Å². The highest BCUT2D eigenvalue weighted by atomic mass is 35.5. The molecule has 11 heavy (non-hydrogen) atoms. The molecule has 0 saturated heterocycles. The predicted octanol–water partition coefficient (Wildman–Crippen LogP) is 0.772. The molecule has 0 saturated carbocycles. The van der Waals surface area contributed by atoms with Gasteiger partial charge in [-0.05, 0) is 10.4 Å². The van der Waals surface area contributed by atoms with Crippen LogP contribution in [-0.2, 0) is 0 Å². The maximum atomic E-state index is 5.65. The molecule has 0 spiro atoms. The second-order valence-electron chi connectivity index (χ2n) is 1.70. The third-order valence-electron chi connectivity index (χ3n) is 1.01. The Balaban J connectivity index is 2.45. The zero-order chi connectivity index (χ0) is 7.68. The van der Waals surface area contributed by atoms with Crippen LogP contribution in [0.2, 0.25) is 4.34 Å². The number of aromatic nitrogens is 5. The first-order chi connectivity index (χ1) is 5.36. The molecular formula is C4H2ClN5S. The highest BCUT2D eigenvalue weighted by molar-refractivity contribution is 7.18. The van der Waals surface area contributed by atoms with Crippen LogP contribution in [0.3, 0.4) is 0 Å². The largest absolute Gasteiger partial charge is 0.225 e. The number of thiazole rings is 1. The summed E-state index contributed by atoms with van der Waals surface area (Å²) in [5.41, 5.74) is 0. The van der Waals surface area contributed by atoms with E-state index in [2.05, 4.69) is 20.5 Å². The number of halogens is 1. The number of hydrogen-bond acceptors (Lipinski definition) is 5. The van der Waals surface area contributed by atoms with Gasteiger partial charge in [-0.1, -0.05) is 22.9 Å². The number of tetrazole rings is 1. The molecule has 0 amide bonds. The summed E-state index contributed by atoms with van der Waals surface area (Å²) < 4.78 is 2.08. The molecule has 2 aromatic rings. The molecule has 56 valence electrons. The van der Waals surface area contributed by atoms with Crippen LogP contribution in [0.4, 0.5) is 0 Å². The van der Waals surface area contributed by atoms with E-state index in [1.165, 1.54) is 22.3 Å². The Morgan fingerprint density at radius 1 is 1.55 bits per heavy atom. The lowest BCUT2D eigenvalue weighted by atomic mass is 11.0. The Morgan fingerprint density at radius 3 is 3.00 bits per heavy atom. The van der Waals surface area contributed by atoms with E-state index in [4.69, 9.17) is 11.6 Å². The van der Waals surface area contributed by atoms with Gasteiger partial charge in [0.15, 0.2) is 0 Å². The van der Waals surface area contributed by atoms with Gasteiger partial charge in [-0.3, -0.25) is 0 Å². The summed E-state index contributed by atoms with van der Waals surface area (Å²) in [5, 5.41) is 11.2. The standard InChI is InChI=1S/C4H2ClN5S/c5-3-1-6-4(11-3)10-2-7-8-9-10/h1-2H. The Kier molecular flexibility index (Phi) is 1.55. The minimum Gasteiger partial charge on any atom is -0.225 e. The van der Waals surface area contributed by atoms with Crippen molar-refractivity contribution < 1.29 is 0 Å². The monoisotopic (exact) mass is 187 g/mol. The summed E-state index contributed by atoms with van der Waals surface area (Å²) in [6.07, 6.45) is 3.03. The van der Waals surface area contributed by atoms with Gasteiger partial charge in [0.2, 0.25) is 5.13 Å². The molecule has 0 fully saturated rings. The van der Waals surface area contributed by atoms with Crippen LogP contribution in [0.15, 0.2) is 12.5 Å². The van der Waals surface area contributed by atoms with Gasteiger partial charge >= 0.3 is 0 Å². The molecule has 0 N–H and O–H groups in total. The minimum atomic E-state index is 0.621. The maximum absolute atomic E-state index is 5.65. The zero-order valence-electron chi connectivity index (χ0n) is 5.18. The number of nitrogens with zero attached hydrogens (tertiary/aromatic N) is 5. The van der Waals surface area contributed by atoms with Gasteiger partial charge in [0, 0.05) is 0 Å². The van der Waals surface area contributed by atoms with Crippen LogP contribution in [0, 0.1) is 0 Å². The second-order valence-corrected chi connectivity index (χ2v) is 3.34. The van der Waals surface area contributed by atoms with Gasteiger partial charge < -0.3 is 0 Å². The Bertz CT molecular complexity index is 341. The molecule has 2 aromatic heterocycles. The van der Waals surface area contributed by atoms with Gasteiger partial charge in [-0.2, -0.15) is 4.68 Å². The van der Waals surface area contributed by atoms with E-state index in [0.29, 0.717) is 9.47 Å². The van der Waals surface area contributed by atoms with E-state index in [1.54, 1.807) is 6.20 Å². The summed E-state index contributed by atoms with van der Waals surface area (Å²) in [7, 11) is 0. The van der Waals surface area contributed by atoms with Crippen molar-refractivity contribution in [2.45, 2.75) is 0 Å². The van der Waals surface area contributed by atoms with Crippen LogP contribution in [0.1, 0.15) is 0 Å². The third kappa shape index (κ3) is 1.22. The zero-order valence-corrected chi connectivity index (χ0v) is 6.75. The van der Waals surface area contributed by atoms with Crippen molar-refractivity contribution in [2.24, 2.45) is 0 Å². The first-order valence-electron chi connectivity index (χ1n) is 2.71. The van der Waals surface area contributed by atoms with Crippen molar-refractivity contribution in [3.8, 4) is 5.13 Å². The van der Waals surface area contributed by atoms with Crippen LogP contribution >= 0.6 is 22.9 Å². The van der Waals surface area contributed by atoms with Crippen LogP contribution in [-0.4, -0.2) is 25.2 Å². The van der Waals surface area contributed by atoms with Crippen molar-refractivity contribution in [3.63, 3.8) is 0 Å². The molecule has 0 unspecified atom stereocenters. The van der Waals surface area contributed by atoms with E-state index in [0.717, 1.165) is 0 Å². The van der Waals surface area contributed by atoms with Gasteiger partial charge in [0.25, 0.3) is 0 Å². The van der Waals surface area contributed by atoms with E-state index in [-0.39, 0.29) is 0 Å². The summed E-state index contributed by atoms with van der Waals surface area (Å²) in [6, 6.07) is 0. The number of rotatable bonds is 1. The normalized spacial score (nSPS) is 10.3.